The largest absolute Gasteiger partial charge is 0.393 e. The Hall–Kier alpha value is -1.73. The monoisotopic (exact) mass is 329 g/mol. The summed E-state index contributed by atoms with van der Waals surface area (Å²) < 4.78 is 2.17. The molecule has 6 nitrogen and oxygen atoms in total. The van der Waals surface area contributed by atoms with Gasteiger partial charge in [-0.2, -0.15) is 0 Å². The van der Waals surface area contributed by atoms with Crippen LogP contribution in [0, 0.1) is 5.92 Å². The first-order chi connectivity index (χ1) is 11.5. The summed E-state index contributed by atoms with van der Waals surface area (Å²) in [7, 11) is 4.03. The molecule has 4 N–H and O–H groups in total. The van der Waals surface area contributed by atoms with Gasteiger partial charge in [-0.15, -0.1) is 0 Å². The van der Waals surface area contributed by atoms with Crippen molar-refractivity contribution < 1.29 is 5.11 Å². The van der Waals surface area contributed by atoms with Crippen molar-refractivity contribution in [1.82, 2.24) is 19.9 Å². The molecule has 0 saturated carbocycles. The standard InChI is InChI=1S/C18H27N5O/c1-12(21-19)15(10-22(2)3)18(24)8-16-13-6-4-5-7-14(13)17-9-20-11-23(16)17/h4-7,9,11-12,15-16,18,21,24H,8,10,19H2,1-3H3. The quantitative estimate of drug-likeness (QED) is 0.526. The number of fused-ring (bicyclic) bond motifs is 3. The van der Waals surface area contributed by atoms with Crippen LogP contribution in [0.25, 0.3) is 11.3 Å². The van der Waals surface area contributed by atoms with Crippen molar-refractivity contribution in [2.24, 2.45) is 11.8 Å². The van der Waals surface area contributed by atoms with E-state index in [4.69, 9.17) is 5.84 Å². The fourth-order valence-electron chi connectivity index (χ4n) is 3.73. The molecule has 0 bridgehead atoms. The van der Waals surface area contributed by atoms with Crippen LogP contribution in [0.2, 0.25) is 0 Å². The highest BCUT2D eigenvalue weighted by molar-refractivity contribution is 5.68. The molecule has 6 heteroatoms. The summed E-state index contributed by atoms with van der Waals surface area (Å²) in [5.41, 5.74) is 6.39. The van der Waals surface area contributed by atoms with Crippen LogP contribution in [0.15, 0.2) is 36.8 Å². The number of imidazole rings is 1. The molecule has 1 aromatic heterocycles. The lowest BCUT2D eigenvalue weighted by molar-refractivity contribution is 0.0561. The van der Waals surface area contributed by atoms with Crippen LogP contribution in [0.1, 0.15) is 24.9 Å². The molecule has 1 aliphatic heterocycles. The fourth-order valence-corrected chi connectivity index (χ4v) is 3.73. The molecule has 3 rings (SSSR count). The summed E-state index contributed by atoms with van der Waals surface area (Å²) in [5, 5.41) is 11.0. The Balaban J connectivity index is 1.85. The third kappa shape index (κ3) is 3.10. The van der Waals surface area contributed by atoms with E-state index in [-0.39, 0.29) is 18.0 Å². The van der Waals surface area contributed by atoms with Crippen LogP contribution in [0.5, 0.6) is 0 Å². The number of nitrogens with two attached hydrogens (primary N) is 1. The Bertz CT molecular complexity index is 684. The zero-order chi connectivity index (χ0) is 17.3. The van der Waals surface area contributed by atoms with Crippen molar-refractivity contribution in [1.29, 1.82) is 0 Å². The highest BCUT2D eigenvalue weighted by atomic mass is 16.3. The van der Waals surface area contributed by atoms with E-state index in [1.807, 2.05) is 39.6 Å². The van der Waals surface area contributed by atoms with Crippen LogP contribution in [0.3, 0.4) is 0 Å². The van der Waals surface area contributed by atoms with E-state index in [1.54, 1.807) is 0 Å². The molecule has 0 spiro atoms. The summed E-state index contributed by atoms with van der Waals surface area (Å²) in [6, 6.07) is 8.51. The number of nitrogens with one attached hydrogen (secondary N) is 1. The second-order valence-corrected chi connectivity index (χ2v) is 6.97. The van der Waals surface area contributed by atoms with Gasteiger partial charge >= 0.3 is 0 Å². The zero-order valence-corrected chi connectivity index (χ0v) is 14.6. The van der Waals surface area contributed by atoms with E-state index in [1.165, 1.54) is 11.1 Å². The number of aromatic nitrogens is 2. The summed E-state index contributed by atoms with van der Waals surface area (Å²) >= 11 is 0. The lowest BCUT2D eigenvalue weighted by Crippen LogP contribution is -2.47. The molecule has 0 fully saturated rings. The predicted molar refractivity (Wildman–Crippen MR) is 95.3 cm³/mol. The van der Waals surface area contributed by atoms with Crippen LogP contribution in [0.4, 0.5) is 0 Å². The first-order valence-electron chi connectivity index (χ1n) is 8.43. The van der Waals surface area contributed by atoms with Gasteiger partial charge in [0.1, 0.15) is 0 Å². The Labute approximate surface area is 143 Å². The van der Waals surface area contributed by atoms with Crippen LogP contribution >= 0.6 is 0 Å². The van der Waals surface area contributed by atoms with Crippen LogP contribution < -0.4 is 11.3 Å². The maximum Gasteiger partial charge on any atom is 0.0956 e. The van der Waals surface area contributed by atoms with E-state index in [0.29, 0.717) is 6.42 Å². The molecule has 24 heavy (non-hydrogen) atoms. The number of nitrogens with zero attached hydrogens (tertiary/aromatic N) is 3. The summed E-state index contributed by atoms with van der Waals surface area (Å²) in [5.74, 6) is 5.68. The van der Waals surface area contributed by atoms with Gasteiger partial charge in [-0.1, -0.05) is 24.3 Å². The topological polar surface area (TPSA) is 79.3 Å². The zero-order valence-electron chi connectivity index (χ0n) is 14.6. The molecular weight excluding hydrogens is 302 g/mol. The van der Waals surface area contributed by atoms with Crippen LogP contribution in [-0.2, 0) is 0 Å². The highest BCUT2D eigenvalue weighted by Crippen LogP contribution is 2.41. The minimum Gasteiger partial charge on any atom is -0.393 e. The molecule has 0 radical (unpaired) electrons. The molecule has 1 aromatic carbocycles. The SMILES string of the molecule is CC(NN)C(CN(C)C)C(O)CC1c2ccccc2-c2cncn21. The lowest BCUT2D eigenvalue weighted by atomic mass is 9.88. The van der Waals surface area contributed by atoms with Gasteiger partial charge in [-0.05, 0) is 33.0 Å². The van der Waals surface area contributed by atoms with Gasteiger partial charge < -0.3 is 14.6 Å². The van der Waals surface area contributed by atoms with Crippen molar-refractivity contribution in [3.63, 3.8) is 0 Å². The van der Waals surface area contributed by atoms with Crippen molar-refractivity contribution in [3.05, 3.63) is 42.4 Å². The Morgan fingerprint density at radius 2 is 2.12 bits per heavy atom. The van der Waals surface area contributed by atoms with Crippen molar-refractivity contribution in [2.75, 3.05) is 20.6 Å². The van der Waals surface area contributed by atoms with E-state index in [2.05, 4.69) is 38.1 Å². The van der Waals surface area contributed by atoms with Gasteiger partial charge in [0.05, 0.1) is 30.4 Å². The van der Waals surface area contributed by atoms with Gasteiger partial charge in [0, 0.05) is 24.1 Å². The second kappa shape index (κ2) is 7.03. The number of hydrazine groups is 1. The van der Waals surface area contributed by atoms with Gasteiger partial charge in [0.25, 0.3) is 0 Å². The molecule has 0 amide bonds. The van der Waals surface area contributed by atoms with E-state index >= 15 is 0 Å². The van der Waals surface area contributed by atoms with Gasteiger partial charge in [0.2, 0.25) is 0 Å². The first kappa shape index (κ1) is 17.1. The third-order valence-electron chi connectivity index (χ3n) is 5.04. The van der Waals surface area contributed by atoms with Crippen molar-refractivity contribution in [2.45, 2.75) is 31.5 Å². The maximum absolute atomic E-state index is 11.0. The number of hydrogen-bond donors (Lipinski definition) is 3. The van der Waals surface area contributed by atoms with E-state index < -0.39 is 6.10 Å². The normalized spacial score (nSPS) is 19.8. The molecule has 0 saturated heterocycles. The van der Waals surface area contributed by atoms with Gasteiger partial charge in [-0.3, -0.25) is 11.3 Å². The highest BCUT2D eigenvalue weighted by Gasteiger charge is 2.33. The Morgan fingerprint density at radius 3 is 2.83 bits per heavy atom. The van der Waals surface area contributed by atoms with Crippen molar-refractivity contribution >= 4 is 0 Å². The molecule has 2 aromatic rings. The smallest absolute Gasteiger partial charge is 0.0956 e. The molecule has 0 aliphatic carbocycles. The minimum absolute atomic E-state index is 0.0290. The number of benzene rings is 1. The molecular formula is C18H27N5O. The van der Waals surface area contributed by atoms with E-state index in [0.717, 1.165) is 12.2 Å². The number of hydrogen-bond acceptors (Lipinski definition) is 5. The second-order valence-electron chi connectivity index (χ2n) is 6.97. The molecule has 2 heterocycles. The van der Waals surface area contributed by atoms with Crippen molar-refractivity contribution in [3.8, 4) is 11.3 Å². The molecule has 1 aliphatic rings. The Kier molecular flexibility index (Phi) is 5.01. The molecule has 4 atom stereocenters. The maximum atomic E-state index is 11.0. The van der Waals surface area contributed by atoms with Gasteiger partial charge in [-0.25, -0.2) is 4.98 Å². The summed E-state index contributed by atoms with van der Waals surface area (Å²) in [6.07, 6.45) is 3.93. The van der Waals surface area contributed by atoms with Gasteiger partial charge in [0.15, 0.2) is 0 Å². The number of aliphatic hydroxyl groups excluding tert-OH is 1. The average molecular weight is 329 g/mol. The molecule has 130 valence electrons. The fraction of sp³-hybridized carbons (Fsp3) is 0.500. The summed E-state index contributed by atoms with van der Waals surface area (Å²) in [4.78, 5) is 6.38. The third-order valence-corrected chi connectivity index (χ3v) is 5.04. The van der Waals surface area contributed by atoms with E-state index in [9.17, 15) is 5.11 Å². The predicted octanol–water partition coefficient (Wildman–Crippen LogP) is 1.23. The molecule has 4 unspecified atom stereocenters. The Morgan fingerprint density at radius 1 is 1.38 bits per heavy atom. The lowest BCUT2D eigenvalue weighted by Gasteiger charge is -2.32. The van der Waals surface area contributed by atoms with Crippen LogP contribution in [-0.4, -0.2) is 52.3 Å². The number of rotatable bonds is 7. The summed E-state index contributed by atoms with van der Waals surface area (Å²) in [6.45, 7) is 2.79. The minimum atomic E-state index is -0.468. The average Bonchev–Trinajstić information content (AvgIpc) is 3.15. The number of aliphatic hydroxyl groups is 1. The first-order valence-corrected chi connectivity index (χ1v) is 8.43.